The van der Waals surface area contributed by atoms with Gasteiger partial charge in [-0.3, -0.25) is 14.5 Å². The van der Waals surface area contributed by atoms with E-state index in [1.54, 1.807) is 36.1 Å². The first-order chi connectivity index (χ1) is 25.0. The number of rotatable bonds is 11. The molecular formula is C40H41F6N3O4. The number of amides is 2. The maximum absolute atomic E-state index is 13.8. The Morgan fingerprint density at radius 2 is 1.51 bits per heavy atom. The molecule has 0 aliphatic carbocycles. The van der Waals surface area contributed by atoms with Crippen LogP contribution in [0.15, 0.2) is 91.0 Å². The van der Waals surface area contributed by atoms with Gasteiger partial charge < -0.3 is 20.1 Å². The number of para-hydroxylation sites is 1. The molecule has 3 atom stereocenters. The Hall–Kier alpha value is -4.88. The second-order valence-electron chi connectivity index (χ2n) is 13.6. The zero-order valence-corrected chi connectivity index (χ0v) is 29.5. The minimum absolute atomic E-state index is 0.150. The molecule has 1 heterocycles. The first kappa shape index (κ1) is 39.3. The van der Waals surface area contributed by atoms with Crippen molar-refractivity contribution in [3.63, 3.8) is 0 Å². The van der Waals surface area contributed by atoms with Gasteiger partial charge in [-0.15, -0.1) is 0 Å². The molecule has 2 N–H and O–H groups in total. The Morgan fingerprint density at radius 3 is 2.15 bits per heavy atom. The molecule has 2 amide bonds. The van der Waals surface area contributed by atoms with Crippen LogP contribution >= 0.6 is 0 Å². The van der Waals surface area contributed by atoms with Crippen molar-refractivity contribution in [3.05, 3.63) is 130 Å². The van der Waals surface area contributed by atoms with Gasteiger partial charge in [0.15, 0.2) is 5.75 Å². The first-order valence-electron chi connectivity index (χ1n) is 17.1. The SMILES string of the molecule is CC(CO)N1C[C@@H](C)[C@@H](CN(C)Cc2ccc(Cc3cccc(C(F)(F)F)c3)cc2)Oc2c(NC(=O)Cc3ccc(C(F)(F)F)cc3)cccc2C1=O. The first-order valence-corrected chi connectivity index (χ1v) is 17.1. The summed E-state index contributed by atoms with van der Waals surface area (Å²) in [6.07, 6.45) is -9.28. The van der Waals surface area contributed by atoms with Gasteiger partial charge in [0.1, 0.15) is 6.10 Å². The number of benzene rings is 4. The average Bonchev–Trinajstić information content (AvgIpc) is 3.10. The number of alkyl halides is 6. The number of likely N-dealkylation sites (N-methyl/N-ethyl adjacent to an activating group) is 1. The summed E-state index contributed by atoms with van der Waals surface area (Å²) in [5, 5.41) is 12.8. The fourth-order valence-electron chi connectivity index (χ4n) is 6.29. The molecule has 13 heteroatoms. The maximum Gasteiger partial charge on any atom is 0.416 e. The molecule has 0 bridgehead atoms. The minimum atomic E-state index is -4.50. The van der Waals surface area contributed by atoms with E-state index in [2.05, 4.69) is 5.32 Å². The van der Waals surface area contributed by atoms with Crippen LogP contribution in [0.25, 0.3) is 0 Å². The van der Waals surface area contributed by atoms with Crippen LogP contribution < -0.4 is 10.1 Å². The number of fused-ring (bicyclic) bond motifs is 1. The van der Waals surface area contributed by atoms with Crippen molar-refractivity contribution in [1.82, 2.24) is 9.80 Å². The summed E-state index contributed by atoms with van der Waals surface area (Å²) in [5.74, 6) is -0.981. The average molecular weight is 742 g/mol. The van der Waals surface area contributed by atoms with Gasteiger partial charge in [-0.25, -0.2) is 0 Å². The van der Waals surface area contributed by atoms with E-state index >= 15 is 0 Å². The van der Waals surface area contributed by atoms with Crippen LogP contribution in [-0.4, -0.2) is 65.6 Å². The van der Waals surface area contributed by atoms with Gasteiger partial charge in [0.25, 0.3) is 5.91 Å². The normalized spacial score (nSPS) is 17.1. The fourth-order valence-corrected chi connectivity index (χ4v) is 6.29. The van der Waals surface area contributed by atoms with Crippen LogP contribution in [0.5, 0.6) is 5.75 Å². The fraction of sp³-hybridized carbons (Fsp3) is 0.350. The van der Waals surface area contributed by atoms with Crippen LogP contribution in [0.1, 0.15) is 57.6 Å². The van der Waals surface area contributed by atoms with Crippen LogP contribution in [0.3, 0.4) is 0 Å². The topological polar surface area (TPSA) is 82.1 Å². The van der Waals surface area contributed by atoms with E-state index in [0.717, 1.165) is 35.4 Å². The number of ether oxygens (including phenoxy) is 1. The second kappa shape index (κ2) is 16.4. The summed E-state index contributed by atoms with van der Waals surface area (Å²) in [6.45, 7) is 4.59. The lowest BCUT2D eigenvalue weighted by molar-refractivity contribution is -0.138. The lowest BCUT2D eigenvalue weighted by Crippen LogP contribution is -2.49. The molecule has 4 aromatic rings. The predicted molar refractivity (Wildman–Crippen MR) is 188 cm³/mol. The molecule has 4 aromatic carbocycles. The number of hydrogen-bond donors (Lipinski definition) is 2. The number of nitrogens with zero attached hydrogens (tertiary/aromatic N) is 2. The molecule has 0 spiro atoms. The molecule has 0 aromatic heterocycles. The Kier molecular flexibility index (Phi) is 12.2. The molecule has 0 saturated heterocycles. The minimum Gasteiger partial charge on any atom is -0.486 e. The zero-order chi connectivity index (χ0) is 38.5. The van der Waals surface area contributed by atoms with E-state index in [1.165, 1.54) is 18.2 Å². The summed E-state index contributed by atoms with van der Waals surface area (Å²) in [4.78, 5) is 30.6. The van der Waals surface area contributed by atoms with Gasteiger partial charge in [0.05, 0.1) is 41.4 Å². The number of aliphatic hydroxyl groups is 1. The van der Waals surface area contributed by atoms with Crippen LogP contribution in [-0.2, 0) is 36.5 Å². The van der Waals surface area contributed by atoms with Crippen molar-refractivity contribution < 1.29 is 45.8 Å². The van der Waals surface area contributed by atoms with Gasteiger partial charge >= 0.3 is 12.4 Å². The third-order valence-corrected chi connectivity index (χ3v) is 9.24. The van der Waals surface area contributed by atoms with Gasteiger partial charge in [-0.1, -0.05) is 67.6 Å². The Labute approximate surface area is 304 Å². The number of carbonyl (C=O) groups is 2. The highest BCUT2D eigenvalue weighted by Gasteiger charge is 2.35. The standard InChI is InChI=1S/C40H41F6N3O4/c1-25-21-49(26(2)24-50)38(52)33-8-5-9-34(47-36(51)20-28-14-16-31(17-15-28)39(41,42)43)37(33)53-35(25)23-48(3)22-29-12-10-27(11-13-29)18-30-6-4-7-32(19-30)40(44,45)46/h4-17,19,25-26,35,50H,18,20-24H2,1-3H3,(H,47,51)/t25-,26?,35-/m1/s1. The maximum atomic E-state index is 13.8. The van der Waals surface area contributed by atoms with Gasteiger partial charge in [0.2, 0.25) is 5.91 Å². The molecular weight excluding hydrogens is 700 g/mol. The summed E-state index contributed by atoms with van der Waals surface area (Å²) < 4.78 is 85.2. The lowest BCUT2D eigenvalue weighted by atomic mass is 9.98. The molecule has 0 fully saturated rings. The Balaban J connectivity index is 1.32. The quantitative estimate of drug-likeness (QED) is 0.153. The third-order valence-electron chi connectivity index (χ3n) is 9.24. The molecule has 0 radical (unpaired) electrons. The van der Waals surface area contributed by atoms with E-state index in [-0.39, 0.29) is 48.4 Å². The number of anilines is 1. The molecule has 1 aliphatic rings. The van der Waals surface area contributed by atoms with Gasteiger partial charge in [0, 0.05) is 25.6 Å². The smallest absolute Gasteiger partial charge is 0.416 e. The van der Waals surface area contributed by atoms with Crippen molar-refractivity contribution in [2.75, 3.05) is 32.1 Å². The number of nitrogens with one attached hydrogen (secondary N) is 1. The molecule has 1 aliphatic heterocycles. The third kappa shape index (κ3) is 10.2. The summed E-state index contributed by atoms with van der Waals surface area (Å²) >= 11 is 0. The largest absolute Gasteiger partial charge is 0.486 e. The highest BCUT2D eigenvalue weighted by molar-refractivity contribution is 6.02. The van der Waals surface area contributed by atoms with E-state index in [0.29, 0.717) is 30.6 Å². The van der Waals surface area contributed by atoms with E-state index in [4.69, 9.17) is 4.74 Å². The van der Waals surface area contributed by atoms with Crippen molar-refractivity contribution in [3.8, 4) is 5.75 Å². The lowest BCUT2D eigenvalue weighted by Gasteiger charge is -2.38. The molecule has 0 saturated carbocycles. The number of carbonyl (C=O) groups excluding carboxylic acids is 2. The van der Waals surface area contributed by atoms with Crippen molar-refractivity contribution in [2.24, 2.45) is 5.92 Å². The molecule has 5 rings (SSSR count). The van der Waals surface area contributed by atoms with Crippen molar-refractivity contribution in [2.45, 2.75) is 57.7 Å². The number of hydrogen-bond acceptors (Lipinski definition) is 5. The van der Waals surface area contributed by atoms with Crippen molar-refractivity contribution >= 4 is 17.5 Å². The summed E-state index contributed by atoms with van der Waals surface area (Å²) in [6, 6.07) is 21.4. The van der Waals surface area contributed by atoms with Gasteiger partial charge in [-0.05, 0) is 73.0 Å². The van der Waals surface area contributed by atoms with E-state index < -0.39 is 41.5 Å². The zero-order valence-electron chi connectivity index (χ0n) is 29.5. The second-order valence-corrected chi connectivity index (χ2v) is 13.6. The Bertz CT molecular complexity index is 1880. The van der Waals surface area contributed by atoms with Crippen LogP contribution in [0.2, 0.25) is 0 Å². The van der Waals surface area contributed by atoms with E-state index in [9.17, 15) is 41.0 Å². The monoisotopic (exact) mass is 741 g/mol. The Morgan fingerprint density at radius 1 is 0.887 bits per heavy atom. The highest BCUT2D eigenvalue weighted by Crippen LogP contribution is 2.36. The van der Waals surface area contributed by atoms with Gasteiger partial charge in [-0.2, -0.15) is 26.3 Å². The molecule has 282 valence electrons. The number of halogens is 6. The van der Waals surface area contributed by atoms with E-state index in [1.807, 2.05) is 43.1 Å². The highest BCUT2D eigenvalue weighted by atomic mass is 19.4. The van der Waals surface area contributed by atoms with Crippen LogP contribution in [0, 0.1) is 5.92 Å². The number of aliphatic hydroxyl groups excluding tert-OH is 1. The molecule has 53 heavy (non-hydrogen) atoms. The predicted octanol–water partition coefficient (Wildman–Crippen LogP) is 7.85. The summed E-state index contributed by atoms with van der Waals surface area (Å²) in [5.41, 5.74) is 1.64. The van der Waals surface area contributed by atoms with Crippen LogP contribution in [0.4, 0.5) is 32.0 Å². The molecule has 7 nitrogen and oxygen atoms in total. The van der Waals surface area contributed by atoms with Crippen molar-refractivity contribution in [1.29, 1.82) is 0 Å². The molecule has 1 unspecified atom stereocenters. The summed E-state index contributed by atoms with van der Waals surface area (Å²) in [7, 11) is 1.91.